The Morgan fingerprint density at radius 1 is 1.53 bits per heavy atom. The molecule has 0 atom stereocenters. The largest absolute Gasteiger partial charge is 0.350 e. The van der Waals surface area contributed by atoms with E-state index in [2.05, 4.69) is 26.8 Å². The third kappa shape index (κ3) is 2.36. The standard InChI is InChI=1S/C10H14N4S/c1-3-14-5-8(2)13-10(14)11-4-9-6-15-7-12-9/h5-7H,3-4H2,1-2H3,(H,11,13). The van der Waals surface area contributed by atoms with Crippen molar-refractivity contribution in [3.8, 4) is 0 Å². The van der Waals surface area contributed by atoms with E-state index in [1.807, 2.05) is 24.0 Å². The monoisotopic (exact) mass is 222 g/mol. The summed E-state index contributed by atoms with van der Waals surface area (Å²) in [7, 11) is 0. The number of nitrogens with zero attached hydrogens (tertiary/aromatic N) is 3. The Hall–Kier alpha value is -1.36. The zero-order valence-electron chi connectivity index (χ0n) is 8.90. The summed E-state index contributed by atoms with van der Waals surface area (Å²) in [6.07, 6.45) is 2.05. The van der Waals surface area contributed by atoms with Gasteiger partial charge in [-0.1, -0.05) is 0 Å². The Morgan fingerprint density at radius 2 is 2.40 bits per heavy atom. The van der Waals surface area contributed by atoms with Crippen LogP contribution in [0.25, 0.3) is 0 Å². The minimum Gasteiger partial charge on any atom is -0.350 e. The molecule has 2 heterocycles. The maximum atomic E-state index is 4.41. The fourth-order valence-corrected chi connectivity index (χ4v) is 1.98. The molecule has 4 nitrogen and oxygen atoms in total. The van der Waals surface area contributed by atoms with Crippen LogP contribution in [0.15, 0.2) is 17.1 Å². The summed E-state index contributed by atoms with van der Waals surface area (Å²) in [5, 5.41) is 5.32. The van der Waals surface area contributed by atoms with E-state index in [4.69, 9.17) is 0 Å². The lowest BCUT2D eigenvalue weighted by atomic mass is 10.5. The van der Waals surface area contributed by atoms with Gasteiger partial charge >= 0.3 is 0 Å². The van der Waals surface area contributed by atoms with Crippen molar-refractivity contribution in [1.29, 1.82) is 0 Å². The zero-order valence-corrected chi connectivity index (χ0v) is 9.71. The lowest BCUT2D eigenvalue weighted by Crippen LogP contribution is -2.06. The molecule has 80 valence electrons. The lowest BCUT2D eigenvalue weighted by Gasteiger charge is -2.05. The predicted octanol–water partition coefficient (Wildman–Crippen LogP) is 2.28. The molecule has 0 saturated carbocycles. The van der Waals surface area contributed by atoms with Crippen molar-refractivity contribution < 1.29 is 0 Å². The SMILES string of the molecule is CCn1cc(C)nc1NCc1cscn1. The number of hydrogen-bond donors (Lipinski definition) is 1. The van der Waals surface area contributed by atoms with Gasteiger partial charge in [0.2, 0.25) is 5.95 Å². The first-order chi connectivity index (χ1) is 7.29. The van der Waals surface area contributed by atoms with Gasteiger partial charge in [0.25, 0.3) is 0 Å². The molecule has 0 spiro atoms. The van der Waals surface area contributed by atoms with Crippen molar-refractivity contribution in [1.82, 2.24) is 14.5 Å². The van der Waals surface area contributed by atoms with E-state index in [1.165, 1.54) is 0 Å². The van der Waals surface area contributed by atoms with Crippen molar-refractivity contribution in [3.63, 3.8) is 0 Å². The van der Waals surface area contributed by atoms with E-state index < -0.39 is 0 Å². The highest BCUT2D eigenvalue weighted by atomic mass is 32.1. The van der Waals surface area contributed by atoms with Crippen molar-refractivity contribution in [3.05, 3.63) is 28.5 Å². The van der Waals surface area contributed by atoms with Crippen LogP contribution in [-0.2, 0) is 13.1 Å². The fourth-order valence-electron chi connectivity index (χ4n) is 1.42. The van der Waals surface area contributed by atoms with Gasteiger partial charge in [-0.25, -0.2) is 9.97 Å². The van der Waals surface area contributed by atoms with Crippen LogP contribution in [0.3, 0.4) is 0 Å². The first-order valence-electron chi connectivity index (χ1n) is 4.94. The second-order valence-electron chi connectivity index (χ2n) is 3.33. The third-order valence-electron chi connectivity index (χ3n) is 2.15. The maximum absolute atomic E-state index is 4.41. The molecule has 0 bridgehead atoms. The first kappa shape index (κ1) is 10.2. The fraction of sp³-hybridized carbons (Fsp3) is 0.400. The molecule has 0 saturated heterocycles. The number of nitrogens with one attached hydrogen (secondary N) is 1. The lowest BCUT2D eigenvalue weighted by molar-refractivity contribution is 0.761. The number of aromatic nitrogens is 3. The molecule has 0 aliphatic rings. The van der Waals surface area contributed by atoms with Crippen LogP contribution in [0.2, 0.25) is 0 Å². The zero-order chi connectivity index (χ0) is 10.7. The van der Waals surface area contributed by atoms with Crippen LogP contribution < -0.4 is 5.32 Å². The minimum absolute atomic E-state index is 0.736. The van der Waals surface area contributed by atoms with E-state index in [9.17, 15) is 0 Å². The molecule has 0 radical (unpaired) electrons. The summed E-state index contributed by atoms with van der Waals surface area (Å²) >= 11 is 1.61. The molecule has 15 heavy (non-hydrogen) atoms. The Bertz CT molecular complexity index is 419. The van der Waals surface area contributed by atoms with Gasteiger partial charge in [0.15, 0.2) is 0 Å². The molecule has 5 heteroatoms. The summed E-state index contributed by atoms with van der Waals surface area (Å²) in [5.74, 6) is 0.919. The molecule has 0 unspecified atom stereocenters. The smallest absolute Gasteiger partial charge is 0.203 e. The number of rotatable bonds is 4. The van der Waals surface area contributed by atoms with Gasteiger partial charge in [0.1, 0.15) is 0 Å². The van der Waals surface area contributed by atoms with Gasteiger partial charge in [-0.3, -0.25) is 0 Å². The molecular weight excluding hydrogens is 208 g/mol. The van der Waals surface area contributed by atoms with Crippen molar-refractivity contribution in [2.45, 2.75) is 26.9 Å². The quantitative estimate of drug-likeness (QED) is 0.863. The Balaban J connectivity index is 2.04. The minimum atomic E-state index is 0.736. The van der Waals surface area contributed by atoms with Crippen LogP contribution in [-0.4, -0.2) is 14.5 Å². The molecule has 2 aromatic heterocycles. The highest BCUT2D eigenvalue weighted by Crippen LogP contribution is 2.10. The summed E-state index contributed by atoms with van der Waals surface area (Å²) < 4.78 is 2.10. The number of anilines is 1. The summed E-state index contributed by atoms with van der Waals surface area (Å²) in [6, 6.07) is 0. The van der Waals surface area contributed by atoms with E-state index >= 15 is 0 Å². The maximum Gasteiger partial charge on any atom is 0.203 e. The van der Waals surface area contributed by atoms with Gasteiger partial charge in [-0.05, 0) is 13.8 Å². The number of hydrogen-bond acceptors (Lipinski definition) is 4. The Labute approximate surface area is 93.0 Å². The highest BCUT2D eigenvalue weighted by molar-refractivity contribution is 7.07. The van der Waals surface area contributed by atoms with Crippen molar-refractivity contribution in [2.75, 3.05) is 5.32 Å². The van der Waals surface area contributed by atoms with Crippen LogP contribution in [0.4, 0.5) is 5.95 Å². The van der Waals surface area contributed by atoms with E-state index in [0.29, 0.717) is 0 Å². The molecule has 0 aliphatic carbocycles. The topological polar surface area (TPSA) is 42.7 Å². The van der Waals surface area contributed by atoms with Crippen LogP contribution in [0.1, 0.15) is 18.3 Å². The molecule has 2 rings (SSSR count). The van der Waals surface area contributed by atoms with Gasteiger partial charge in [-0.15, -0.1) is 11.3 Å². The van der Waals surface area contributed by atoms with E-state index in [1.54, 1.807) is 11.3 Å². The Morgan fingerprint density at radius 3 is 3.07 bits per heavy atom. The van der Waals surface area contributed by atoms with Crippen molar-refractivity contribution in [2.24, 2.45) is 0 Å². The van der Waals surface area contributed by atoms with Crippen molar-refractivity contribution >= 4 is 17.3 Å². The van der Waals surface area contributed by atoms with Gasteiger partial charge < -0.3 is 9.88 Å². The molecule has 0 aromatic carbocycles. The molecular formula is C10H14N4S. The molecule has 0 amide bonds. The summed E-state index contributed by atoms with van der Waals surface area (Å²) in [5.41, 5.74) is 3.94. The van der Waals surface area contributed by atoms with Gasteiger partial charge in [0.05, 0.1) is 23.4 Å². The van der Waals surface area contributed by atoms with E-state index in [0.717, 1.165) is 30.4 Å². The average molecular weight is 222 g/mol. The second-order valence-corrected chi connectivity index (χ2v) is 4.04. The summed E-state index contributed by atoms with van der Waals surface area (Å²) in [4.78, 5) is 8.62. The second kappa shape index (κ2) is 4.44. The van der Waals surface area contributed by atoms with Crippen LogP contribution in [0.5, 0.6) is 0 Å². The first-order valence-corrected chi connectivity index (χ1v) is 5.88. The van der Waals surface area contributed by atoms with Crippen LogP contribution >= 0.6 is 11.3 Å². The molecule has 0 aliphatic heterocycles. The normalized spacial score (nSPS) is 10.5. The highest BCUT2D eigenvalue weighted by Gasteiger charge is 2.03. The predicted molar refractivity (Wildman–Crippen MR) is 62.1 cm³/mol. The molecule has 2 aromatic rings. The van der Waals surface area contributed by atoms with Gasteiger partial charge in [-0.2, -0.15) is 0 Å². The van der Waals surface area contributed by atoms with Gasteiger partial charge in [0, 0.05) is 18.1 Å². The average Bonchev–Trinajstić information content (AvgIpc) is 2.83. The van der Waals surface area contributed by atoms with E-state index in [-0.39, 0.29) is 0 Å². The Kier molecular flexibility index (Phi) is 3.01. The number of imidazole rings is 1. The third-order valence-corrected chi connectivity index (χ3v) is 2.78. The molecule has 0 fully saturated rings. The molecule has 1 N–H and O–H groups in total. The summed E-state index contributed by atoms with van der Waals surface area (Å²) in [6.45, 7) is 5.77. The number of thiazole rings is 1. The van der Waals surface area contributed by atoms with Crippen LogP contribution in [0, 0.1) is 6.92 Å². The number of aryl methyl sites for hydroxylation is 2.